The van der Waals surface area contributed by atoms with Crippen molar-refractivity contribution in [1.82, 2.24) is 0 Å². The topological polar surface area (TPSA) is 137 Å². The van der Waals surface area contributed by atoms with E-state index in [0.29, 0.717) is 159 Å². The van der Waals surface area contributed by atoms with Crippen LogP contribution < -0.4 is 5.73 Å². The smallest absolute Gasteiger partial charge is 0.0701 e. The number of hydrogen-bond donors (Lipinski definition) is 1. The minimum absolute atomic E-state index is 0.516. The first-order valence-corrected chi connectivity index (χ1v) is 14.5. The molecule has 0 spiro atoms. The van der Waals surface area contributed by atoms with Crippen LogP contribution in [0.2, 0.25) is 0 Å². The SMILES string of the molecule is CCCOCCOCCOCCOCCOCCOCCOCCOCCOCCOCCOCCOCCN. The first kappa shape index (κ1) is 39.5. The molecule has 0 amide bonds. The molecule has 0 aromatic carbocycles. The molecule has 0 aromatic heterocycles. The Balaban J connectivity index is 3.01. The van der Waals surface area contributed by atoms with E-state index in [1.165, 1.54) is 0 Å². The summed E-state index contributed by atoms with van der Waals surface area (Å²) >= 11 is 0. The second kappa shape index (κ2) is 38.5. The summed E-state index contributed by atoms with van der Waals surface area (Å²) in [4.78, 5) is 0. The molecular formula is C27H57NO12. The Morgan fingerprint density at radius 2 is 0.400 bits per heavy atom. The van der Waals surface area contributed by atoms with Gasteiger partial charge in [0, 0.05) is 13.2 Å². The van der Waals surface area contributed by atoms with E-state index in [1.54, 1.807) is 0 Å². The third kappa shape index (κ3) is 37.5. The van der Waals surface area contributed by atoms with Gasteiger partial charge in [-0.2, -0.15) is 0 Å². The standard InChI is InChI=1S/C27H57NO12/c1-2-4-29-6-8-31-10-12-33-14-16-35-18-20-37-22-24-39-26-27-40-25-23-38-21-19-36-17-15-34-13-11-32-9-7-30-5-3-28/h2-28H2,1H3. The van der Waals surface area contributed by atoms with E-state index in [0.717, 1.165) is 13.0 Å². The summed E-state index contributed by atoms with van der Waals surface area (Å²) in [6.45, 7) is 15.8. The first-order valence-electron chi connectivity index (χ1n) is 14.5. The maximum atomic E-state index is 5.47. The van der Waals surface area contributed by atoms with E-state index in [9.17, 15) is 0 Å². The molecule has 40 heavy (non-hydrogen) atoms. The average Bonchev–Trinajstić information content (AvgIpc) is 2.97. The molecule has 0 saturated heterocycles. The van der Waals surface area contributed by atoms with Crippen molar-refractivity contribution in [2.24, 2.45) is 5.73 Å². The summed E-state index contributed by atoms with van der Waals surface area (Å²) in [6, 6.07) is 0. The molecule has 0 aliphatic carbocycles. The van der Waals surface area contributed by atoms with Crippen LogP contribution in [0.25, 0.3) is 0 Å². The molecule has 0 atom stereocenters. The average molecular weight is 588 g/mol. The fourth-order valence-corrected chi connectivity index (χ4v) is 2.75. The minimum Gasteiger partial charge on any atom is -0.379 e. The molecule has 0 rings (SSSR count). The van der Waals surface area contributed by atoms with Gasteiger partial charge in [-0.1, -0.05) is 6.92 Å². The van der Waals surface area contributed by atoms with E-state index in [2.05, 4.69) is 6.92 Å². The summed E-state index contributed by atoms with van der Waals surface area (Å²) in [6.07, 6.45) is 1.03. The van der Waals surface area contributed by atoms with E-state index in [-0.39, 0.29) is 0 Å². The zero-order chi connectivity index (χ0) is 28.9. The Labute approximate surface area is 241 Å². The van der Waals surface area contributed by atoms with Gasteiger partial charge in [0.05, 0.1) is 152 Å². The van der Waals surface area contributed by atoms with Gasteiger partial charge in [-0.05, 0) is 6.42 Å². The van der Waals surface area contributed by atoms with Crippen LogP contribution in [-0.4, -0.2) is 165 Å². The fraction of sp³-hybridized carbons (Fsp3) is 1.00. The van der Waals surface area contributed by atoms with Crippen LogP contribution in [0.4, 0.5) is 0 Å². The maximum absolute atomic E-state index is 5.47. The third-order valence-electron chi connectivity index (χ3n) is 4.70. The molecule has 0 saturated carbocycles. The second-order valence-electron chi connectivity index (χ2n) is 8.14. The molecule has 0 fully saturated rings. The van der Waals surface area contributed by atoms with Crippen molar-refractivity contribution in [2.75, 3.05) is 165 Å². The van der Waals surface area contributed by atoms with Crippen LogP contribution >= 0.6 is 0 Å². The lowest BCUT2D eigenvalue weighted by molar-refractivity contribution is -0.0283. The van der Waals surface area contributed by atoms with Gasteiger partial charge in [-0.15, -0.1) is 0 Å². The molecule has 2 N–H and O–H groups in total. The highest BCUT2D eigenvalue weighted by Gasteiger charge is 1.96. The molecule has 0 aromatic rings. The lowest BCUT2D eigenvalue weighted by atomic mass is 10.5. The summed E-state index contributed by atoms with van der Waals surface area (Å²) < 4.78 is 64.9. The molecule has 13 heteroatoms. The van der Waals surface area contributed by atoms with Crippen molar-refractivity contribution in [2.45, 2.75) is 13.3 Å². The first-order chi connectivity index (χ1) is 19.9. The van der Waals surface area contributed by atoms with Crippen molar-refractivity contribution >= 4 is 0 Å². The normalized spacial score (nSPS) is 11.6. The number of ether oxygens (including phenoxy) is 12. The molecule has 0 aliphatic rings. The Morgan fingerprint density at radius 3 is 0.550 bits per heavy atom. The monoisotopic (exact) mass is 587 g/mol. The lowest BCUT2D eigenvalue weighted by Crippen LogP contribution is -2.15. The van der Waals surface area contributed by atoms with E-state index >= 15 is 0 Å². The molecule has 0 aliphatic heterocycles. The van der Waals surface area contributed by atoms with Gasteiger partial charge in [0.15, 0.2) is 0 Å². The maximum Gasteiger partial charge on any atom is 0.0701 e. The highest BCUT2D eigenvalue weighted by atomic mass is 16.6. The minimum atomic E-state index is 0.516. The third-order valence-corrected chi connectivity index (χ3v) is 4.70. The highest BCUT2D eigenvalue weighted by molar-refractivity contribution is 4.39. The van der Waals surface area contributed by atoms with Crippen LogP contribution in [0.1, 0.15) is 13.3 Å². The van der Waals surface area contributed by atoms with E-state index in [1.807, 2.05) is 0 Å². The quantitative estimate of drug-likeness (QED) is 0.101. The van der Waals surface area contributed by atoms with Crippen molar-refractivity contribution < 1.29 is 56.8 Å². The van der Waals surface area contributed by atoms with Gasteiger partial charge >= 0.3 is 0 Å². The number of rotatable bonds is 37. The van der Waals surface area contributed by atoms with Crippen molar-refractivity contribution in [3.63, 3.8) is 0 Å². The molecule has 0 bridgehead atoms. The summed E-state index contributed by atoms with van der Waals surface area (Å²) in [7, 11) is 0. The number of hydrogen-bond acceptors (Lipinski definition) is 13. The van der Waals surface area contributed by atoms with Crippen LogP contribution in [0.3, 0.4) is 0 Å². The predicted molar refractivity (Wildman–Crippen MR) is 149 cm³/mol. The van der Waals surface area contributed by atoms with Crippen LogP contribution in [0.5, 0.6) is 0 Å². The van der Waals surface area contributed by atoms with Crippen LogP contribution in [0.15, 0.2) is 0 Å². The number of nitrogens with two attached hydrogens (primary N) is 1. The molecule has 0 radical (unpaired) electrons. The summed E-state index contributed by atoms with van der Waals surface area (Å²) in [5.41, 5.74) is 5.32. The fourth-order valence-electron chi connectivity index (χ4n) is 2.75. The van der Waals surface area contributed by atoms with Gasteiger partial charge < -0.3 is 62.6 Å². The largest absolute Gasteiger partial charge is 0.379 e. The molecule has 0 heterocycles. The molecule has 13 nitrogen and oxygen atoms in total. The summed E-state index contributed by atoms with van der Waals surface area (Å²) in [5.74, 6) is 0. The van der Waals surface area contributed by atoms with Crippen LogP contribution in [0, 0.1) is 0 Å². The highest BCUT2D eigenvalue weighted by Crippen LogP contribution is 1.87. The van der Waals surface area contributed by atoms with Gasteiger partial charge in [0.1, 0.15) is 0 Å². The van der Waals surface area contributed by atoms with Gasteiger partial charge in [0.2, 0.25) is 0 Å². The molecule has 242 valence electrons. The van der Waals surface area contributed by atoms with Crippen LogP contribution in [-0.2, 0) is 56.8 Å². The van der Waals surface area contributed by atoms with Crippen molar-refractivity contribution in [3.8, 4) is 0 Å². The van der Waals surface area contributed by atoms with Crippen molar-refractivity contribution in [3.05, 3.63) is 0 Å². The summed E-state index contributed by atoms with van der Waals surface area (Å²) in [5, 5.41) is 0. The van der Waals surface area contributed by atoms with E-state index in [4.69, 9.17) is 62.6 Å². The Kier molecular flexibility index (Phi) is 38.0. The zero-order valence-corrected chi connectivity index (χ0v) is 24.9. The van der Waals surface area contributed by atoms with Gasteiger partial charge in [-0.3, -0.25) is 0 Å². The van der Waals surface area contributed by atoms with Gasteiger partial charge in [-0.25, -0.2) is 0 Å². The second-order valence-corrected chi connectivity index (χ2v) is 8.14. The Morgan fingerprint density at radius 1 is 0.250 bits per heavy atom. The zero-order valence-electron chi connectivity index (χ0n) is 24.9. The Hall–Kier alpha value is -0.520. The van der Waals surface area contributed by atoms with E-state index < -0.39 is 0 Å². The van der Waals surface area contributed by atoms with Gasteiger partial charge in [0.25, 0.3) is 0 Å². The predicted octanol–water partition coefficient (Wildman–Crippen LogP) is 0.554. The Bertz CT molecular complexity index is 402. The lowest BCUT2D eigenvalue weighted by Gasteiger charge is -2.09. The molecular weight excluding hydrogens is 530 g/mol. The van der Waals surface area contributed by atoms with Crippen molar-refractivity contribution in [1.29, 1.82) is 0 Å². The molecule has 0 unspecified atom stereocenters.